The third-order valence-electron chi connectivity index (χ3n) is 0.965. The van der Waals surface area contributed by atoms with Crippen LogP contribution in [0.15, 0.2) is 0 Å². The van der Waals surface area contributed by atoms with Crippen molar-refractivity contribution in [3.63, 3.8) is 0 Å². The molecule has 8 heteroatoms. The molecule has 12 heavy (non-hydrogen) atoms. The zero-order chi connectivity index (χ0) is 9.72. The standard InChI is InChI=1S/C4H8N2O4S2/c7-3(8)5(11)1-2-6(12)4(9)10/h11-12H,1-2H2,(H,7,8)(H,9,10). The van der Waals surface area contributed by atoms with Crippen molar-refractivity contribution in [1.82, 2.24) is 8.61 Å². The number of hydrogen-bond acceptors (Lipinski definition) is 4. The fourth-order valence-corrected chi connectivity index (χ4v) is 0.560. The molecule has 0 aromatic carbocycles. The second-order valence-electron chi connectivity index (χ2n) is 1.81. The van der Waals surface area contributed by atoms with Crippen molar-refractivity contribution in [2.45, 2.75) is 0 Å². The number of carboxylic acid groups (broad SMARTS) is 2. The molecule has 70 valence electrons. The molecule has 0 saturated carbocycles. The first kappa shape index (κ1) is 11.2. The Kier molecular flexibility index (Phi) is 4.67. The molecule has 0 aliphatic rings. The van der Waals surface area contributed by atoms with Gasteiger partial charge in [0, 0.05) is 0 Å². The Morgan fingerprint density at radius 3 is 1.42 bits per heavy atom. The fraction of sp³-hybridized carbons (Fsp3) is 0.500. The minimum absolute atomic E-state index is 0.0335. The van der Waals surface area contributed by atoms with Gasteiger partial charge >= 0.3 is 12.2 Å². The highest BCUT2D eigenvalue weighted by Crippen LogP contribution is 1.98. The summed E-state index contributed by atoms with van der Waals surface area (Å²) in [5.74, 6) is 0. The van der Waals surface area contributed by atoms with Crippen LogP contribution < -0.4 is 0 Å². The van der Waals surface area contributed by atoms with Crippen LogP contribution in [-0.4, -0.2) is 44.1 Å². The van der Waals surface area contributed by atoms with E-state index in [1.807, 2.05) is 0 Å². The summed E-state index contributed by atoms with van der Waals surface area (Å²) in [5.41, 5.74) is 0. The van der Waals surface area contributed by atoms with E-state index in [4.69, 9.17) is 10.2 Å². The molecule has 0 unspecified atom stereocenters. The van der Waals surface area contributed by atoms with E-state index in [0.717, 1.165) is 0 Å². The maximum Gasteiger partial charge on any atom is 0.417 e. The summed E-state index contributed by atoms with van der Waals surface area (Å²) in [5, 5.41) is 16.6. The molecule has 0 fully saturated rings. The van der Waals surface area contributed by atoms with Gasteiger partial charge in [-0.3, -0.25) is 8.61 Å². The molecule has 2 N–H and O–H groups in total. The van der Waals surface area contributed by atoms with E-state index in [2.05, 4.69) is 25.6 Å². The Bertz CT molecular complexity index is 168. The van der Waals surface area contributed by atoms with Crippen LogP contribution in [0.2, 0.25) is 0 Å². The third-order valence-corrected chi connectivity index (χ3v) is 1.71. The van der Waals surface area contributed by atoms with Crippen LogP contribution in [0.3, 0.4) is 0 Å². The molecule has 0 heterocycles. The second-order valence-corrected chi connectivity index (χ2v) is 2.78. The summed E-state index contributed by atoms with van der Waals surface area (Å²) in [4.78, 5) is 20.3. The highest BCUT2D eigenvalue weighted by molar-refractivity contribution is 7.78. The zero-order valence-corrected chi connectivity index (χ0v) is 7.70. The molecule has 0 aliphatic heterocycles. The van der Waals surface area contributed by atoms with Gasteiger partial charge in [0.25, 0.3) is 0 Å². The smallest absolute Gasteiger partial charge is 0.417 e. The first-order valence-electron chi connectivity index (χ1n) is 2.84. The Hall–Kier alpha value is -0.760. The molecule has 0 aliphatic carbocycles. The molecular formula is C4H8N2O4S2. The first-order chi connectivity index (χ1) is 5.45. The topological polar surface area (TPSA) is 81.1 Å². The van der Waals surface area contributed by atoms with Crippen molar-refractivity contribution >= 4 is 37.8 Å². The molecule has 2 amide bonds. The molecular weight excluding hydrogens is 204 g/mol. The molecule has 6 nitrogen and oxygen atoms in total. The van der Waals surface area contributed by atoms with Crippen LogP contribution in [0.5, 0.6) is 0 Å². The number of rotatable bonds is 3. The average molecular weight is 212 g/mol. The van der Waals surface area contributed by atoms with Gasteiger partial charge in [0.05, 0.1) is 13.1 Å². The van der Waals surface area contributed by atoms with Crippen LogP contribution in [0, 0.1) is 0 Å². The number of carbonyl (C=O) groups is 2. The van der Waals surface area contributed by atoms with E-state index in [-0.39, 0.29) is 13.1 Å². The summed E-state index contributed by atoms with van der Waals surface area (Å²) < 4.78 is 1.35. The molecule has 0 atom stereocenters. The van der Waals surface area contributed by atoms with Crippen molar-refractivity contribution < 1.29 is 19.8 Å². The van der Waals surface area contributed by atoms with Crippen molar-refractivity contribution in [2.24, 2.45) is 0 Å². The monoisotopic (exact) mass is 212 g/mol. The highest BCUT2D eigenvalue weighted by atomic mass is 32.1. The summed E-state index contributed by atoms with van der Waals surface area (Å²) in [6.07, 6.45) is -2.46. The lowest BCUT2D eigenvalue weighted by atomic mass is 10.6. The zero-order valence-electron chi connectivity index (χ0n) is 5.91. The van der Waals surface area contributed by atoms with E-state index in [9.17, 15) is 9.59 Å². The van der Waals surface area contributed by atoms with Crippen molar-refractivity contribution in [3.05, 3.63) is 0 Å². The third kappa shape index (κ3) is 4.19. The lowest BCUT2D eigenvalue weighted by Gasteiger charge is -2.15. The predicted octanol–water partition coefficient (Wildman–Crippen LogP) is 0.636. The quantitative estimate of drug-likeness (QED) is 0.517. The minimum Gasteiger partial charge on any atom is -0.464 e. The maximum atomic E-state index is 10.1. The summed E-state index contributed by atoms with van der Waals surface area (Å²) in [7, 11) is 0. The van der Waals surface area contributed by atoms with E-state index in [1.165, 1.54) is 0 Å². The van der Waals surface area contributed by atoms with E-state index in [1.54, 1.807) is 0 Å². The Morgan fingerprint density at radius 2 is 1.25 bits per heavy atom. The number of thiol groups is 2. The number of amides is 2. The van der Waals surface area contributed by atoms with Gasteiger partial charge in [0.15, 0.2) is 0 Å². The van der Waals surface area contributed by atoms with Crippen molar-refractivity contribution in [1.29, 1.82) is 0 Å². The first-order valence-corrected chi connectivity index (χ1v) is 3.64. The SMILES string of the molecule is O=C(O)N(S)CCN(S)C(=O)O. The molecule has 0 rings (SSSR count). The highest BCUT2D eigenvalue weighted by Gasteiger charge is 2.10. The minimum atomic E-state index is -1.23. The average Bonchev–Trinajstić information content (AvgIpc) is 1.98. The molecule has 0 spiro atoms. The van der Waals surface area contributed by atoms with E-state index < -0.39 is 12.2 Å². The van der Waals surface area contributed by atoms with Crippen LogP contribution >= 0.6 is 25.6 Å². The van der Waals surface area contributed by atoms with Crippen LogP contribution in [0.25, 0.3) is 0 Å². The molecule has 0 aromatic rings. The fourth-order valence-electron chi connectivity index (χ4n) is 0.381. The molecule has 0 radical (unpaired) electrons. The predicted molar refractivity (Wildman–Crippen MR) is 47.4 cm³/mol. The molecule has 0 saturated heterocycles. The summed E-state index contributed by atoms with van der Waals surface area (Å²) in [6.45, 7) is -0.0670. The van der Waals surface area contributed by atoms with Crippen molar-refractivity contribution in [2.75, 3.05) is 13.1 Å². The summed E-state index contributed by atoms with van der Waals surface area (Å²) >= 11 is 7.10. The van der Waals surface area contributed by atoms with Crippen molar-refractivity contribution in [3.8, 4) is 0 Å². The van der Waals surface area contributed by atoms with Gasteiger partial charge in [-0.1, -0.05) is 25.6 Å². The normalized spacial score (nSPS) is 9.17. The molecule has 0 aromatic heterocycles. The summed E-state index contributed by atoms with van der Waals surface area (Å²) in [6, 6.07) is 0. The van der Waals surface area contributed by atoms with Crippen LogP contribution in [-0.2, 0) is 0 Å². The van der Waals surface area contributed by atoms with E-state index in [0.29, 0.717) is 8.61 Å². The van der Waals surface area contributed by atoms with Gasteiger partial charge in [0.2, 0.25) is 0 Å². The van der Waals surface area contributed by atoms with Gasteiger partial charge < -0.3 is 10.2 Å². The Labute approximate surface area is 79.8 Å². The Morgan fingerprint density at radius 1 is 1.00 bits per heavy atom. The largest absolute Gasteiger partial charge is 0.464 e. The van der Waals surface area contributed by atoms with Gasteiger partial charge in [0.1, 0.15) is 0 Å². The maximum absolute atomic E-state index is 10.1. The lowest BCUT2D eigenvalue weighted by molar-refractivity contribution is 0.164. The Balaban J connectivity index is 3.68. The molecule has 0 bridgehead atoms. The number of nitrogens with zero attached hydrogens (tertiary/aromatic N) is 2. The van der Waals surface area contributed by atoms with Gasteiger partial charge in [-0.25, -0.2) is 9.59 Å². The van der Waals surface area contributed by atoms with Gasteiger partial charge in [-0.15, -0.1) is 0 Å². The van der Waals surface area contributed by atoms with Gasteiger partial charge in [-0.2, -0.15) is 0 Å². The lowest BCUT2D eigenvalue weighted by Crippen LogP contribution is -2.30. The number of hydrogen-bond donors (Lipinski definition) is 4. The van der Waals surface area contributed by atoms with E-state index >= 15 is 0 Å². The second kappa shape index (κ2) is 4.99. The van der Waals surface area contributed by atoms with Crippen LogP contribution in [0.4, 0.5) is 9.59 Å². The van der Waals surface area contributed by atoms with Gasteiger partial charge in [-0.05, 0) is 0 Å². The van der Waals surface area contributed by atoms with Crippen LogP contribution in [0.1, 0.15) is 0 Å².